The van der Waals surface area contributed by atoms with Gasteiger partial charge in [0, 0.05) is 0 Å². The van der Waals surface area contributed by atoms with Gasteiger partial charge in [-0.25, -0.2) is 4.79 Å². The Labute approximate surface area is 119 Å². The third-order valence-electron chi connectivity index (χ3n) is 2.34. The van der Waals surface area contributed by atoms with Crippen LogP contribution in [0, 0.1) is 12.3 Å². The fourth-order valence-corrected chi connectivity index (χ4v) is 1.59. The van der Waals surface area contributed by atoms with Gasteiger partial charge in [-0.1, -0.05) is 36.3 Å². The van der Waals surface area contributed by atoms with Crippen molar-refractivity contribution in [2.45, 2.75) is 38.8 Å². The molecule has 20 heavy (non-hydrogen) atoms. The molecule has 1 atom stereocenters. The lowest BCUT2D eigenvalue weighted by Gasteiger charge is -2.24. The minimum Gasteiger partial charge on any atom is -0.458 e. The highest BCUT2D eigenvalue weighted by molar-refractivity contribution is 5.86. The van der Waals surface area contributed by atoms with Crippen LogP contribution in [0.2, 0.25) is 0 Å². The zero-order valence-electron chi connectivity index (χ0n) is 12.0. The predicted octanol–water partition coefficient (Wildman–Crippen LogP) is 2.21. The molecule has 4 nitrogen and oxygen atoms in total. The molecule has 1 amide bonds. The Balaban J connectivity index is 2.94. The molecule has 0 bridgehead atoms. The van der Waals surface area contributed by atoms with Gasteiger partial charge in [0.2, 0.25) is 5.91 Å². The zero-order chi connectivity index (χ0) is 15.2. The highest BCUT2D eigenvalue weighted by atomic mass is 16.6. The second-order valence-electron chi connectivity index (χ2n) is 5.33. The van der Waals surface area contributed by atoms with Gasteiger partial charge in [-0.05, 0) is 26.3 Å². The van der Waals surface area contributed by atoms with Crippen molar-refractivity contribution in [3.8, 4) is 12.3 Å². The van der Waals surface area contributed by atoms with E-state index in [2.05, 4.69) is 11.2 Å². The van der Waals surface area contributed by atoms with Crippen molar-refractivity contribution in [3.63, 3.8) is 0 Å². The fourth-order valence-electron chi connectivity index (χ4n) is 1.59. The normalized spacial score (nSPS) is 12.1. The monoisotopic (exact) mass is 273 g/mol. The first kappa shape index (κ1) is 15.8. The number of carbonyl (C=O) groups excluding carboxylic acids is 2. The number of esters is 1. The molecule has 0 spiro atoms. The average molecular weight is 273 g/mol. The minimum atomic E-state index is -0.851. The smallest absolute Gasteiger partial charge is 0.333 e. The maximum atomic E-state index is 12.2. The van der Waals surface area contributed by atoms with Crippen LogP contribution in [0.1, 0.15) is 38.8 Å². The van der Waals surface area contributed by atoms with Gasteiger partial charge in [-0.3, -0.25) is 4.79 Å². The van der Waals surface area contributed by atoms with Crippen LogP contribution in [0.4, 0.5) is 0 Å². The van der Waals surface area contributed by atoms with E-state index >= 15 is 0 Å². The van der Waals surface area contributed by atoms with Gasteiger partial charge in [0.15, 0.2) is 6.04 Å². The molecule has 0 aliphatic rings. The number of hydrogen-bond acceptors (Lipinski definition) is 3. The Morgan fingerprint density at radius 3 is 2.40 bits per heavy atom. The van der Waals surface area contributed by atoms with Crippen molar-refractivity contribution in [1.29, 1.82) is 0 Å². The lowest BCUT2D eigenvalue weighted by Crippen LogP contribution is -2.37. The predicted molar refractivity (Wildman–Crippen MR) is 76.6 cm³/mol. The summed E-state index contributed by atoms with van der Waals surface area (Å²) >= 11 is 0. The van der Waals surface area contributed by atoms with Crippen LogP contribution in [-0.4, -0.2) is 17.5 Å². The molecular weight excluding hydrogens is 254 g/mol. The van der Waals surface area contributed by atoms with Gasteiger partial charge < -0.3 is 10.1 Å². The Hall–Kier alpha value is -2.28. The molecule has 106 valence electrons. The first-order chi connectivity index (χ1) is 9.33. The Morgan fingerprint density at radius 2 is 1.90 bits per heavy atom. The number of nitrogens with one attached hydrogen (secondary N) is 1. The Morgan fingerprint density at radius 1 is 1.30 bits per heavy atom. The van der Waals surface area contributed by atoms with Crippen LogP contribution >= 0.6 is 0 Å². The highest BCUT2D eigenvalue weighted by Gasteiger charge is 2.27. The number of ether oxygens (including phenoxy) is 1. The van der Waals surface area contributed by atoms with E-state index in [9.17, 15) is 9.59 Å². The molecule has 1 aromatic rings. The number of benzene rings is 1. The summed E-state index contributed by atoms with van der Waals surface area (Å²) in [6.45, 7) is 5.32. The van der Waals surface area contributed by atoms with Crippen molar-refractivity contribution in [3.05, 3.63) is 35.9 Å². The lowest BCUT2D eigenvalue weighted by molar-refractivity contribution is -0.158. The van der Waals surface area contributed by atoms with Gasteiger partial charge in [0.25, 0.3) is 0 Å². The van der Waals surface area contributed by atoms with E-state index in [0.717, 1.165) is 0 Å². The highest BCUT2D eigenvalue weighted by Crippen LogP contribution is 2.18. The molecule has 4 heteroatoms. The van der Waals surface area contributed by atoms with E-state index in [1.165, 1.54) is 0 Å². The average Bonchev–Trinajstić information content (AvgIpc) is 2.35. The molecule has 0 aliphatic heterocycles. The van der Waals surface area contributed by atoms with E-state index in [0.29, 0.717) is 5.56 Å². The van der Waals surface area contributed by atoms with Gasteiger partial charge in [-0.2, -0.15) is 0 Å². The molecule has 0 fully saturated rings. The van der Waals surface area contributed by atoms with E-state index in [-0.39, 0.29) is 12.3 Å². The second-order valence-corrected chi connectivity index (χ2v) is 5.33. The number of carbonyl (C=O) groups is 2. The summed E-state index contributed by atoms with van der Waals surface area (Å²) in [7, 11) is 0. The summed E-state index contributed by atoms with van der Waals surface area (Å²) in [5, 5.41) is 2.60. The maximum Gasteiger partial charge on any atom is 0.333 e. The van der Waals surface area contributed by atoms with Gasteiger partial charge in [0.1, 0.15) is 5.60 Å². The van der Waals surface area contributed by atoms with Crippen molar-refractivity contribution in [1.82, 2.24) is 5.32 Å². The third-order valence-corrected chi connectivity index (χ3v) is 2.34. The van der Waals surface area contributed by atoms with Crippen LogP contribution in [-0.2, 0) is 14.3 Å². The van der Waals surface area contributed by atoms with E-state index < -0.39 is 17.6 Å². The quantitative estimate of drug-likeness (QED) is 0.676. The van der Waals surface area contributed by atoms with Crippen molar-refractivity contribution in [2.75, 3.05) is 0 Å². The van der Waals surface area contributed by atoms with Crippen molar-refractivity contribution >= 4 is 11.9 Å². The summed E-state index contributed by atoms with van der Waals surface area (Å²) < 4.78 is 5.33. The van der Waals surface area contributed by atoms with Crippen molar-refractivity contribution < 1.29 is 14.3 Å². The van der Waals surface area contributed by atoms with E-state index in [1.54, 1.807) is 45.0 Å². The summed E-state index contributed by atoms with van der Waals surface area (Å²) in [4.78, 5) is 23.8. The lowest BCUT2D eigenvalue weighted by atomic mass is 10.1. The maximum absolute atomic E-state index is 12.2. The molecular formula is C16H19NO3. The molecule has 0 saturated carbocycles. The molecule has 0 saturated heterocycles. The first-order valence-electron chi connectivity index (χ1n) is 6.34. The summed E-state index contributed by atoms with van der Waals surface area (Å²) in [6.07, 6.45) is 5.02. The molecule has 0 heterocycles. The van der Waals surface area contributed by atoms with Crippen LogP contribution < -0.4 is 5.32 Å². The largest absolute Gasteiger partial charge is 0.458 e. The fraction of sp³-hybridized carbons (Fsp3) is 0.375. The zero-order valence-corrected chi connectivity index (χ0v) is 12.0. The first-order valence-corrected chi connectivity index (χ1v) is 6.34. The van der Waals surface area contributed by atoms with E-state index in [4.69, 9.17) is 11.2 Å². The SMILES string of the molecule is C#CCC(=O)N[C@H](C(=O)OC(C)(C)C)c1ccccc1. The van der Waals surface area contributed by atoms with Crippen molar-refractivity contribution in [2.24, 2.45) is 0 Å². The van der Waals surface area contributed by atoms with Crippen LogP contribution in [0.3, 0.4) is 0 Å². The number of amides is 1. The molecule has 0 radical (unpaired) electrons. The van der Waals surface area contributed by atoms with Gasteiger partial charge in [-0.15, -0.1) is 6.42 Å². The summed E-state index contributed by atoms with van der Waals surface area (Å²) in [5.41, 5.74) is 0.0353. The number of terminal acetylenes is 1. The Kier molecular flexibility index (Phi) is 5.33. The second kappa shape index (κ2) is 6.76. The molecule has 0 unspecified atom stereocenters. The topological polar surface area (TPSA) is 55.4 Å². The summed E-state index contributed by atoms with van der Waals surface area (Å²) in [6, 6.07) is 8.07. The van der Waals surface area contributed by atoms with Gasteiger partial charge in [0.05, 0.1) is 6.42 Å². The molecule has 1 aromatic carbocycles. The summed E-state index contributed by atoms with van der Waals surface area (Å²) in [5.74, 6) is 1.36. The molecule has 0 aliphatic carbocycles. The number of rotatable bonds is 4. The van der Waals surface area contributed by atoms with Crippen LogP contribution in [0.5, 0.6) is 0 Å². The third kappa shape index (κ3) is 5.15. The number of hydrogen-bond donors (Lipinski definition) is 1. The van der Waals surface area contributed by atoms with Crippen LogP contribution in [0.15, 0.2) is 30.3 Å². The molecule has 0 aromatic heterocycles. The van der Waals surface area contributed by atoms with Crippen LogP contribution in [0.25, 0.3) is 0 Å². The van der Waals surface area contributed by atoms with Gasteiger partial charge >= 0.3 is 5.97 Å². The standard InChI is InChI=1S/C16H19NO3/c1-5-9-13(18)17-14(12-10-7-6-8-11-12)15(19)20-16(2,3)4/h1,6-8,10-11,14H,9H2,2-4H3,(H,17,18)/t14-/m0/s1. The molecule has 1 N–H and O–H groups in total. The molecule has 1 rings (SSSR count). The minimum absolute atomic E-state index is 0.0773. The Bertz CT molecular complexity index is 509. The van der Waals surface area contributed by atoms with E-state index in [1.807, 2.05) is 6.07 Å².